The number of amides is 1. The van der Waals surface area contributed by atoms with Gasteiger partial charge in [-0.3, -0.25) is 4.79 Å². The van der Waals surface area contributed by atoms with Crippen molar-refractivity contribution in [3.8, 4) is 0 Å². The molecule has 1 fully saturated rings. The molecule has 6 heteroatoms. The highest BCUT2D eigenvalue weighted by Crippen LogP contribution is 2.25. The zero-order valence-corrected chi connectivity index (χ0v) is 14.2. The number of benzene rings is 1. The van der Waals surface area contributed by atoms with Crippen molar-refractivity contribution < 1.29 is 9.53 Å². The number of nitrogens with zero attached hydrogens (tertiary/aromatic N) is 1. The van der Waals surface area contributed by atoms with Crippen LogP contribution < -0.4 is 5.32 Å². The van der Waals surface area contributed by atoms with Gasteiger partial charge in [-0.2, -0.15) is 0 Å². The van der Waals surface area contributed by atoms with Gasteiger partial charge in [-0.15, -0.1) is 0 Å². The number of carbonyl (C=O) groups is 1. The number of nitrogens with one attached hydrogen (secondary N) is 2. The van der Waals surface area contributed by atoms with Gasteiger partial charge in [0.25, 0.3) is 5.91 Å². The van der Waals surface area contributed by atoms with Crippen LogP contribution in [0, 0.1) is 0 Å². The Morgan fingerprint density at radius 3 is 2.78 bits per heavy atom. The summed E-state index contributed by atoms with van der Waals surface area (Å²) in [6.07, 6.45) is 1.84. The fourth-order valence-electron chi connectivity index (χ4n) is 3.10. The zero-order valence-electron chi connectivity index (χ0n) is 13.5. The maximum Gasteiger partial charge on any atom is 0.267 e. The number of ether oxygens (including phenoxy) is 1. The second-order valence-corrected chi connectivity index (χ2v) is 6.76. The monoisotopic (exact) mass is 335 g/mol. The van der Waals surface area contributed by atoms with Gasteiger partial charge in [-0.1, -0.05) is 11.6 Å². The maximum absolute atomic E-state index is 12.5. The molecule has 2 heterocycles. The highest BCUT2D eigenvalue weighted by atomic mass is 35.5. The van der Waals surface area contributed by atoms with E-state index in [9.17, 15) is 4.79 Å². The molecule has 23 heavy (non-hydrogen) atoms. The minimum Gasteiger partial charge on any atom is -0.381 e. The Morgan fingerprint density at radius 1 is 1.35 bits per heavy atom. The first-order chi connectivity index (χ1) is 11.0. The largest absolute Gasteiger partial charge is 0.381 e. The van der Waals surface area contributed by atoms with Gasteiger partial charge in [-0.25, -0.2) is 0 Å². The minimum atomic E-state index is -0.0926. The van der Waals surface area contributed by atoms with E-state index in [2.05, 4.69) is 29.3 Å². The Balaban J connectivity index is 1.72. The molecular formula is C17H22ClN3O2. The van der Waals surface area contributed by atoms with Gasteiger partial charge in [-0.05, 0) is 51.2 Å². The molecule has 3 rings (SSSR count). The van der Waals surface area contributed by atoms with Gasteiger partial charge in [0, 0.05) is 41.2 Å². The van der Waals surface area contributed by atoms with E-state index < -0.39 is 0 Å². The van der Waals surface area contributed by atoms with Crippen LogP contribution in [0.2, 0.25) is 5.02 Å². The summed E-state index contributed by atoms with van der Waals surface area (Å²) in [4.78, 5) is 17.8. The molecule has 1 aliphatic rings. The predicted molar refractivity (Wildman–Crippen MR) is 92.1 cm³/mol. The van der Waals surface area contributed by atoms with Crippen molar-refractivity contribution in [2.24, 2.45) is 0 Å². The van der Waals surface area contributed by atoms with Crippen LogP contribution in [-0.2, 0) is 4.74 Å². The summed E-state index contributed by atoms with van der Waals surface area (Å²) in [5, 5.41) is 4.67. The van der Waals surface area contributed by atoms with Crippen LogP contribution in [0.1, 0.15) is 23.3 Å². The van der Waals surface area contributed by atoms with Crippen molar-refractivity contribution in [2.45, 2.75) is 18.4 Å². The topological polar surface area (TPSA) is 57.4 Å². The molecule has 1 saturated heterocycles. The van der Waals surface area contributed by atoms with Gasteiger partial charge in [0.2, 0.25) is 0 Å². The predicted octanol–water partition coefficient (Wildman–Crippen LogP) is 2.66. The molecule has 1 amide bonds. The lowest BCUT2D eigenvalue weighted by atomic mass is 9.88. The van der Waals surface area contributed by atoms with Crippen molar-refractivity contribution in [1.82, 2.24) is 15.2 Å². The average Bonchev–Trinajstić information content (AvgIpc) is 2.96. The van der Waals surface area contributed by atoms with Gasteiger partial charge in [0.05, 0.1) is 0 Å². The average molecular weight is 336 g/mol. The molecule has 0 radical (unpaired) electrons. The van der Waals surface area contributed by atoms with Crippen LogP contribution in [0.5, 0.6) is 0 Å². The number of fused-ring (bicyclic) bond motifs is 1. The van der Waals surface area contributed by atoms with Crippen LogP contribution >= 0.6 is 11.6 Å². The third kappa shape index (κ3) is 3.37. The van der Waals surface area contributed by atoms with Crippen molar-refractivity contribution in [1.29, 1.82) is 0 Å². The standard InChI is InChI=1S/C17H22ClN3O2/c1-21(2)17(5-7-23-8-6-17)11-19-16(22)15-10-12-9-13(18)3-4-14(12)20-15/h3-4,9-10,20H,5-8,11H2,1-2H3,(H,19,22). The molecule has 0 bridgehead atoms. The first kappa shape index (κ1) is 16.3. The van der Waals surface area contributed by atoms with Crippen molar-refractivity contribution >= 4 is 28.4 Å². The fraction of sp³-hybridized carbons (Fsp3) is 0.471. The summed E-state index contributed by atoms with van der Waals surface area (Å²) >= 11 is 5.99. The first-order valence-electron chi connectivity index (χ1n) is 7.82. The third-order valence-corrected chi connectivity index (χ3v) is 5.01. The molecule has 1 aromatic heterocycles. The van der Waals surface area contributed by atoms with Gasteiger partial charge >= 0.3 is 0 Å². The molecule has 1 aliphatic heterocycles. The molecule has 2 N–H and O–H groups in total. The first-order valence-corrected chi connectivity index (χ1v) is 8.20. The molecular weight excluding hydrogens is 314 g/mol. The van der Waals surface area contributed by atoms with Crippen LogP contribution in [0.3, 0.4) is 0 Å². The number of hydrogen-bond acceptors (Lipinski definition) is 3. The lowest BCUT2D eigenvalue weighted by molar-refractivity contribution is -0.00659. The Labute approximate surface area is 140 Å². The summed E-state index contributed by atoms with van der Waals surface area (Å²) in [5.41, 5.74) is 1.43. The second kappa shape index (κ2) is 6.51. The SMILES string of the molecule is CN(C)C1(CNC(=O)c2cc3cc(Cl)ccc3[nH]2)CCOCC1. The van der Waals surface area contributed by atoms with E-state index in [-0.39, 0.29) is 11.4 Å². The number of rotatable bonds is 4. The molecule has 0 unspecified atom stereocenters. The van der Waals surface area contributed by atoms with E-state index >= 15 is 0 Å². The second-order valence-electron chi connectivity index (χ2n) is 6.33. The number of carbonyl (C=O) groups excluding carboxylic acids is 1. The van der Waals surface area contributed by atoms with E-state index in [1.165, 1.54) is 0 Å². The summed E-state index contributed by atoms with van der Waals surface area (Å²) in [6, 6.07) is 7.38. The smallest absolute Gasteiger partial charge is 0.267 e. The lowest BCUT2D eigenvalue weighted by Crippen LogP contribution is -2.55. The Bertz CT molecular complexity index is 705. The van der Waals surface area contributed by atoms with Crippen LogP contribution in [0.15, 0.2) is 24.3 Å². The molecule has 124 valence electrons. The van der Waals surface area contributed by atoms with Gasteiger partial charge < -0.3 is 19.9 Å². The molecule has 0 atom stereocenters. The van der Waals surface area contributed by atoms with E-state index in [0.717, 1.165) is 37.0 Å². The maximum atomic E-state index is 12.5. The molecule has 5 nitrogen and oxygen atoms in total. The molecule has 1 aromatic carbocycles. The summed E-state index contributed by atoms with van der Waals surface area (Å²) in [7, 11) is 4.12. The number of halogens is 1. The van der Waals surface area contributed by atoms with E-state index in [4.69, 9.17) is 16.3 Å². The normalized spacial score (nSPS) is 17.6. The summed E-state index contributed by atoms with van der Waals surface area (Å²) in [6.45, 7) is 2.08. The molecule has 0 saturated carbocycles. The Morgan fingerprint density at radius 2 is 2.09 bits per heavy atom. The number of aromatic nitrogens is 1. The molecule has 0 aliphatic carbocycles. The molecule has 2 aromatic rings. The highest BCUT2D eigenvalue weighted by Gasteiger charge is 2.35. The number of hydrogen-bond donors (Lipinski definition) is 2. The van der Waals surface area contributed by atoms with E-state index in [1.54, 1.807) is 0 Å². The van der Waals surface area contributed by atoms with Crippen LogP contribution in [0.25, 0.3) is 10.9 Å². The Kier molecular flexibility index (Phi) is 4.62. The van der Waals surface area contributed by atoms with Crippen molar-refractivity contribution in [2.75, 3.05) is 33.9 Å². The Hall–Kier alpha value is -1.56. The van der Waals surface area contributed by atoms with Crippen LogP contribution in [0.4, 0.5) is 0 Å². The van der Waals surface area contributed by atoms with Crippen molar-refractivity contribution in [3.63, 3.8) is 0 Å². The lowest BCUT2D eigenvalue weighted by Gasteiger charge is -2.42. The number of H-pyrrole nitrogens is 1. The van der Waals surface area contributed by atoms with E-state index in [0.29, 0.717) is 17.3 Å². The summed E-state index contributed by atoms with van der Waals surface area (Å²) in [5.74, 6) is -0.0926. The third-order valence-electron chi connectivity index (χ3n) is 4.78. The summed E-state index contributed by atoms with van der Waals surface area (Å²) < 4.78 is 5.46. The van der Waals surface area contributed by atoms with Crippen molar-refractivity contribution in [3.05, 3.63) is 35.0 Å². The van der Waals surface area contributed by atoms with Gasteiger partial charge in [0.1, 0.15) is 5.69 Å². The molecule has 0 spiro atoms. The van der Waals surface area contributed by atoms with Crippen LogP contribution in [-0.4, -0.2) is 55.2 Å². The zero-order chi connectivity index (χ0) is 16.4. The van der Waals surface area contributed by atoms with Gasteiger partial charge in [0.15, 0.2) is 0 Å². The number of aromatic amines is 1. The minimum absolute atomic E-state index is 0.0385. The quantitative estimate of drug-likeness (QED) is 0.903. The fourth-order valence-corrected chi connectivity index (χ4v) is 3.28. The highest BCUT2D eigenvalue weighted by molar-refractivity contribution is 6.31. The van der Waals surface area contributed by atoms with E-state index in [1.807, 2.05) is 24.3 Å². The number of likely N-dealkylation sites (N-methyl/N-ethyl adjacent to an activating group) is 1.